The number of hydrogen-bond donors (Lipinski definition) is 0. The number of rotatable bonds is 6. The van der Waals surface area contributed by atoms with E-state index in [1.807, 2.05) is 0 Å². The molecule has 0 fully saturated rings. The van der Waals surface area contributed by atoms with Crippen molar-refractivity contribution in [3.8, 4) is 50.2 Å². The Bertz CT molecular complexity index is 3240. The Morgan fingerprint density at radius 1 is 0.323 bits per heavy atom. The van der Waals surface area contributed by atoms with Crippen LogP contribution in [0.1, 0.15) is 49.9 Å². The van der Waals surface area contributed by atoms with Gasteiger partial charge in [0.2, 0.25) is 0 Å². The van der Waals surface area contributed by atoms with Crippen LogP contribution in [-0.2, 0) is 10.8 Å². The minimum absolute atomic E-state index is 0.102. The van der Waals surface area contributed by atoms with Gasteiger partial charge in [-0.3, -0.25) is 0 Å². The van der Waals surface area contributed by atoms with E-state index < -0.39 is 0 Å². The highest BCUT2D eigenvalue weighted by molar-refractivity contribution is 6.09. The summed E-state index contributed by atoms with van der Waals surface area (Å²) in [6.45, 7) is 9.46. The van der Waals surface area contributed by atoms with Gasteiger partial charge in [0.05, 0.1) is 16.7 Å². The molecule has 62 heavy (non-hydrogen) atoms. The van der Waals surface area contributed by atoms with Gasteiger partial charge in [-0.05, 0) is 116 Å². The van der Waals surface area contributed by atoms with Crippen LogP contribution in [0, 0.1) is 0 Å². The van der Waals surface area contributed by atoms with Crippen LogP contribution >= 0.6 is 0 Å². The van der Waals surface area contributed by atoms with Crippen LogP contribution in [0.2, 0.25) is 0 Å². The lowest BCUT2D eigenvalue weighted by Crippen LogP contribution is -2.18. The van der Waals surface area contributed by atoms with E-state index in [4.69, 9.17) is 0 Å². The normalized spacial score (nSPS) is 14.1. The molecule has 12 rings (SSSR count). The van der Waals surface area contributed by atoms with Gasteiger partial charge in [0, 0.05) is 44.2 Å². The number of para-hydroxylation sites is 3. The van der Waals surface area contributed by atoms with Crippen molar-refractivity contribution in [1.29, 1.82) is 0 Å². The summed E-state index contributed by atoms with van der Waals surface area (Å²) in [5.41, 5.74) is 22.5. The van der Waals surface area contributed by atoms with E-state index >= 15 is 0 Å². The molecule has 0 amide bonds. The summed E-state index contributed by atoms with van der Waals surface area (Å²) < 4.78 is 2.42. The average Bonchev–Trinajstić information content (AvgIpc) is 3.86. The van der Waals surface area contributed by atoms with E-state index in [1.165, 1.54) is 94.3 Å². The molecular formula is C60H46N2. The zero-order valence-electron chi connectivity index (χ0n) is 35.5. The molecule has 0 aliphatic heterocycles. The number of benzene rings is 9. The molecule has 0 bridgehead atoms. The van der Waals surface area contributed by atoms with E-state index in [-0.39, 0.29) is 10.8 Å². The summed E-state index contributed by atoms with van der Waals surface area (Å²) in [5.74, 6) is 0. The van der Waals surface area contributed by atoms with Crippen LogP contribution in [0.4, 0.5) is 17.1 Å². The quantitative estimate of drug-likeness (QED) is 0.163. The topological polar surface area (TPSA) is 8.17 Å². The standard InChI is InChI=1S/C60H46N2/c1-59(2)52-20-10-5-16-46(52)48-35-33-43(37-54(48)59)61(44-34-36-49-47-17-6-11-21-53(47)60(3,4)55(49)38-44)42-31-29-40(30-32-42)39-25-27-41(28-26-39)45-15-7-12-22-56(45)62-57-23-13-8-18-50(57)51-19-9-14-24-58(51)62/h5-38H,1-4H3. The summed E-state index contributed by atoms with van der Waals surface area (Å²) in [7, 11) is 0. The highest BCUT2D eigenvalue weighted by Crippen LogP contribution is 2.53. The lowest BCUT2D eigenvalue weighted by molar-refractivity contribution is 0.660. The zero-order chi connectivity index (χ0) is 41.7. The molecule has 9 aromatic carbocycles. The molecule has 2 aliphatic rings. The Balaban J connectivity index is 0.928. The molecule has 0 saturated heterocycles. The molecule has 0 atom stereocenters. The number of anilines is 3. The molecule has 0 saturated carbocycles. The molecule has 296 valence electrons. The van der Waals surface area contributed by atoms with E-state index in [1.54, 1.807) is 0 Å². The average molecular weight is 795 g/mol. The highest BCUT2D eigenvalue weighted by atomic mass is 15.1. The Morgan fingerprint density at radius 2 is 0.710 bits per heavy atom. The third-order valence-corrected chi connectivity index (χ3v) is 14.0. The Labute approximate surface area is 364 Å². The van der Waals surface area contributed by atoms with Gasteiger partial charge in [-0.1, -0.05) is 179 Å². The fourth-order valence-corrected chi connectivity index (χ4v) is 10.8. The summed E-state index contributed by atoms with van der Waals surface area (Å²) in [6.07, 6.45) is 0. The van der Waals surface area contributed by atoms with Crippen LogP contribution in [0.3, 0.4) is 0 Å². The summed E-state index contributed by atoms with van der Waals surface area (Å²) >= 11 is 0. The predicted octanol–water partition coefficient (Wildman–Crippen LogP) is 16.2. The van der Waals surface area contributed by atoms with E-state index in [2.05, 4.69) is 243 Å². The summed E-state index contributed by atoms with van der Waals surface area (Å²) in [5, 5.41) is 2.54. The van der Waals surface area contributed by atoms with Gasteiger partial charge in [0.1, 0.15) is 0 Å². The molecular weight excluding hydrogens is 749 g/mol. The van der Waals surface area contributed by atoms with Gasteiger partial charge in [0.15, 0.2) is 0 Å². The Hall–Kier alpha value is -7.42. The first-order chi connectivity index (χ1) is 30.3. The van der Waals surface area contributed by atoms with E-state index in [0.29, 0.717) is 0 Å². The molecule has 10 aromatic rings. The van der Waals surface area contributed by atoms with Crippen molar-refractivity contribution in [2.24, 2.45) is 0 Å². The molecule has 2 aliphatic carbocycles. The maximum absolute atomic E-state index is 2.46. The summed E-state index contributed by atoms with van der Waals surface area (Å²) in [6, 6.07) is 76.5. The molecule has 0 radical (unpaired) electrons. The van der Waals surface area contributed by atoms with Crippen molar-refractivity contribution in [2.45, 2.75) is 38.5 Å². The minimum Gasteiger partial charge on any atom is -0.310 e. The van der Waals surface area contributed by atoms with Crippen molar-refractivity contribution >= 4 is 38.9 Å². The molecule has 2 heteroatoms. The molecule has 0 spiro atoms. The first kappa shape index (κ1) is 36.4. The fourth-order valence-electron chi connectivity index (χ4n) is 10.8. The van der Waals surface area contributed by atoms with Crippen LogP contribution in [0.5, 0.6) is 0 Å². The van der Waals surface area contributed by atoms with Crippen molar-refractivity contribution in [2.75, 3.05) is 4.90 Å². The smallest absolute Gasteiger partial charge is 0.0541 e. The van der Waals surface area contributed by atoms with Gasteiger partial charge in [-0.2, -0.15) is 0 Å². The number of fused-ring (bicyclic) bond motifs is 9. The molecule has 0 unspecified atom stereocenters. The first-order valence-corrected chi connectivity index (χ1v) is 21.8. The van der Waals surface area contributed by atoms with Gasteiger partial charge in [0.25, 0.3) is 0 Å². The SMILES string of the molecule is CC1(C)c2ccccc2-c2ccc(N(c3ccc(-c4ccc(-c5ccccc5-n5c6ccccc6c6ccccc65)cc4)cc3)c3ccc4c(c3)C(C)(C)c3ccccc3-4)cc21. The maximum Gasteiger partial charge on any atom is 0.0541 e. The number of nitrogens with zero attached hydrogens (tertiary/aromatic N) is 2. The van der Waals surface area contributed by atoms with Gasteiger partial charge in [-0.15, -0.1) is 0 Å². The van der Waals surface area contributed by atoms with E-state index in [9.17, 15) is 0 Å². The molecule has 0 N–H and O–H groups in total. The van der Waals surface area contributed by atoms with Crippen LogP contribution in [-0.4, -0.2) is 4.57 Å². The Kier molecular flexibility index (Phi) is 7.96. The fraction of sp³-hybridized carbons (Fsp3) is 0.100. The van der Waals surface area contributed by atoms with Crippen molar-refractivity contribution in [3.63, 3.8) is 0 Å². The molecule has 2 nitrogen and oxygen atoms in total. The third kappa shape index (κ3) is 5.36. The zero-order valence-corrected chi connectivity index (χ0v) is 35.5. The lowest BCUT2D eigenvalue weighted by atomic mass is 9.82. The third-order valence-electron chi connectivity index (χ3n) is 14.0. The second-order valence-electron chi connectivity index (χ2n) is 18.1. The monoisotopic (exact) mass is 794 g/mol. The van der Waals surface area contributed by atoms with E-state index in [0.717, 1.165) is 17.1 Å². The largest absolute Gasteiger partial charge is 0.310 e. The van der Waals surface area contributed by atoms with Gasteiger partial charge < -0.3 is 9.47 Å². The maximum atomic E-state index is 2.46. The van der Waals surface area contributed by atoms with Gasteiger partial charge >= 0.3 is 0 Å². The van der Waals surface area contributed by atoms with Crippen LogP contribution in [0.15, 0.2) is 206 Å². The second kappa shape index (κ2) is 13.5. The van der Waals surface area contributed by atoms with Crippen LogP contribution < -0.4 is 4.90 Å². The number of aromatic nitrogens is 1. The first-order valence-electron chi connectivity index (χ1n) is 21.8. The van der Waals surface area contributed by atoms with Gasteiger partial charge in [-0.25, -0.2) is 0 Å². The van der Waals surface area contributed by atoms with Crippen molar-refractivity contribution in [1.82, 2.24) is 4.57 Å². The summed E-state index contributed by atoms with van der Waals surface area (Å²) in [4.78, 5) is 2.46. The Morgan fingerprint density at radius 3 is 1.24 bits per heavy atom. The molecule has 1 aromatic heterocycles. The lowest BCUT2D eigenvalue weighted by Gasteiger charge is -2.30. The van der Waals surface area contributed by atoms with Crippen LogP contribution in [0.25, 0.3) is 72.0 Å². The molecule has 1 heterocycles. The van der Waals surface area contributed by atoms with Crippen molar-refractivity contribution in [3.05, 3.63) is 229 Å². The second-order valence-corrected chi connectivity index (χ2v) is 18.1. The highest BCUT2D eigenvalue weighted by Gasteiger charge is 2.37. The predicted molar refractivity (Wildman–Crippen MR) is 261 cm³/mol. The van der Waals surface area contributed by atoms with Crippen molar-refractivity contribution < 1.29 is 0 Å². The number of hydrogen-bond acceptors (Lipinski definition) is 1. The minimum atomic E-state index is -0.102.